The van der Waals surface area contributed by atoms with Crippen molar-refractivity contribution >= 4 is 21.6 Å². The van der Waals surface area contributed by atoms with E-state index in [9.17, 15) is 0 Å². The summed E-state index contributed by atoms with van der Waals surface area (Å²) in [5.41, 5.74) is 0.497. The Balaban J connectivity index is 2.80. The molecule has 2 nitrogen and oxygen atoms in total. The van der Waals surface area contributed by atoms with E-state index in [-0.39, 0.29) is 0 Å². The van der Waals surface area contributed by atoms with Crippen molar-refractivity contribution in [3.63, 3.8) is 0 Å². The second-order valence-electron chi connectivity index (χ2n) is 3.83. The third kappa shape index (κ3) is 3.56. The summed E-state index contributed by atoms with van der Waals surface area (Å²) in [6.45, 7) is 4.01. The number of nitrogens with zero attached hydrogens (tertiary/aromatic N) is 1. The van der Waals surface area contributed by atoms with E-state index < -0.39 is 5.54 Å². The summed E-state index contributed by atoms with van der Waals surface area (Å²) in [7, 11) is 0. The number of nitriles is 1. The quantitative estimate of drug-likeness (QED) is 0.896. The van der Waals surface area contributed by atoms with Crippen LogP contribution in [-0.2, 0) is 0 Å². The third-order valence-electron chi connectivity index (χ3n) is 2.24. The average molecular weight is 267 g/mol. The van der Waals surface area contributed by atoms with Crippen LogP contribution in [0.1, 0.15) is 26.7 Å². The van der Waals surface area contributed by atoms with Gasteiger partial charge < -0.3 is 5.32 Å². The standard InChI is InChI=1S/C12H15BrN2/c1-3-7-12(2,9-14)15-11-6-4-5-10(13)8-11/h4-6,8,15H,3,7H2,1-2H3. The van der Waals surface area contributed by atoms with Crippen molar-refractivity contribution in [2.24, 2.45) is 0 Å². The molecule has 0 saturated heterocycles. The monoisotopic (exact) mass is 266 g/mol. The van der Waals surface area contributed by atoms with Crippen molar-refractivity contribution in [2.75, 3.05) is 5.32 Å². The molecule has 0 heterocycles. The van der Waals surface area contributed by atoms with Gasteiger partial charge in [0.25, 0.3) is 0 Å². The number of anilines is 1. The molecule has 3 heteroatoms. The maximum atomic E-state index is 9.12. The van der Waals surface area contributed by atoms with Gasteiger partial charge in [0.1, 0.15) is 5.54 Å². The number of hydrogen-bond acceptors (Lipinski definition) is 2. The molecule has 0 aliphatic carbocycles. The lowest BCUT2D eigenvalue weighted by atomic mass is 9.98. The van der Waals surface area contributed by atoms with Crippen molar-refractivity contribution in [1.29, 1.82) is 5.26 Å². The number of rotatable bonds is 4. The lowest BCUT2D eigenvalue weighted by molar-refractivity contribution is 0.579. The first-order valence-electron chi connectivity index (χ1n) is 5.04. The van der Waals surface area contributed by atoms with Gasteiger partial charge in [-0.15, -0.1) is 0 Å². The Morgan fingerprint density at radius 1 is 1.53 bits per heavy atom. The molecule has 0 aliphatic rings. The molecule has 1 atom stereocenters. The van der Waals surface area contributed by atoms with Crippen molar-refractivity contribution < 1.29 is 0 Å². The Morgan fingerprint density at radius 3 is 2.80 bits per heavy atom. The minimum absolute atomic E-state index is 0.477. The zero-order valence-electron chi connectivity index (χ0n) is 9.05. The van der Waals surface area contributed by atoms with Gasteiger partial charge >= 0.3 is 0 Å². The zero-order chi connectivity index (χ0) is 11.3. The van der Waals surface area contributed by atoms with E-state index in [1.54, 1.807) is 0 Å². The lowest BCUT2D eigenvalue weighted by Gasteiger charge is -2.23. The van der Waals surface area contributed by atoms with E-state index in [0.29, 0.717) is 0 Å². The Kier molecular flexibility index (Phi) is 4.16. The summed E-state index contributed by atoms with van der Waals surface area (Å²) in [4.78, 5) is 0. The Morgan fingerprint density at radius 2 is 2.27 bits per heavy atom. The molecule has 0 bridgehead atoms. The number of hydrogen-bond donors (Lipinski definition) is 1. The van der Waals surface area contributed by atoms with Crippen LogP contribution in [0.15, 0.2) is 28.7 Å². The molecule has 0 aromatic heterocycles. The highest BCUT2D eigenvalue weighted by molar-refractivity contribution is 9.10. The van der Waals surface area contributed by atoms with Gasteiger partial charge in [0.15, 0.2) is 0 Å². The fourth-order valence-corrected chi connectivity index (χ4v) is 1.93. The fraction of sp³-hybridized carbons (Fsp3) is 0.417. The van der Waals surface area contributed by atoms with Gasteiger partial charge in [-0.2, -0.15) is 5.26 Å². The van der Waals surface area contributed by atoms with Crippen LogP contribution < -0.4 is 5.32 Å². The molecule has 0 fully saturated rings. The number of nitrogens with one attached hydrogen (secondary N) is 1. The maximum Gasteiger partial charge on any atom is 0.122 e. The topological polar surface area (TPSA) is 35.8 Å². The SMILES string of the molecule is CCCC(C)(C#N)Nc1cccc(Br)c1. The van der Waals surface area contributed by atoms with Crippen LogP contribution in [0.5, 0.6) is 0 Å². The predicted molar refractivity (Wildman–Crippen MR) is 66.7 cm³/mol. The molecule has 0 radical (unpaired) electrons. The van der Waals surface area contributed by atoms with Crippen molar-refractivity contribution in [3.05, 3.63) is 28.7 Å². The van der Waals surface area contributed by atoms with Crippen LogP contribution in [-0.4, -0.2) is 5.54 Å². The summed E-state index contributed by atoms with van der Waals surface area (Å²) in [5, 5.41) is 12.4. The highest BCUT2D eigenvalue weighted by Gasteiger charge is 2.21. The summed E-state index contributed by atoms with van der Waals surface area (Å²) in [6.07, 6.45) is 1.83. The molecule has 1 aromatic rings. The van der Waals surface area contributed by atoms with Crippen LogP contribution >= 0.6 is 15.9 Å². The van der Waals surface area contributed by atoms with E-state index >= 15 is 0 Å². The summed E-state index contributed by atoms with van der Waals surface area (Å²) < 4.78 is 1.02. The minimum Gasteiger partial charge on any atom is -0.368 e. The second kappa shape index (κ2) is 5.18. The van der Waals surface area contributed by atoms with Crippen LogP contribution in [0.3, 0.4) is 0 Å². The molecule has 80 valence electrons. The third-order valence-corrected chi connectivity index (χ3v) is 2.73. The molecule has 1 rings (SSSR count). The van der Waals surface area contributed by atoms with Gasteiger partial charge in [-0.3, -0.25) is 0 Å². The van der Waals surface area contributed by atoms with Crippen LogP contribution in [0, 0.1) is 11.3 Å². The van der Waals surface area contributed by atoms with Crippen molar-refractivity contribution in [3.8, 4) is 6.07 Å². The highest BCUT2D eigenvalue weighted by atomic mass is 79.9. The van der Waals surface area contributed by atoms with Gasteiger partial charge in [0, 0.05) is 10.2 Å². The van der Waals surface area contributed by atoms with Gasteiger partial charge in [0.05, 0.1) is 6.07 Å². The number of halogens is 1. The van der Waals surface area contributed by atoms with Crippen molar-refractivity contribution in [2.45, 2.75) is 32.2 Å². The first-order chi connectivity index (χ1) is 7.09. The molecule has 15 heavy (non-hydrogen) atoms. The zero-order valence-corrected chi connectivity index (χ0v) is 10.6. The van der Waals surface area contributed by atoms with Gasteiger partial charge in [-0.05, 0) is 31.5 Å². The average Bonchev–Trinajstić information content (AvgIpc) is 2.18. The van der Waals surface area contributed by atoms with E-state index in [2.05, 4.69) is 34.2 Å². The van der Waals surface area contributed by atoms with Gasteiger partial charge in [-0.25, -0.2) is 0 Å². The molecule has 0 spiro atoms. The Bertz CT molecular complexity index is 370. The van der Waals surface area contributed by atoms with E-state index in [0.717, 1.165) is 23.0 Å². The molecular weight excluding hydrogens is 252 g/mol. The summed E-state index contributed by atoms with van der Waals surface area (Å²) >= 11 is 3.41. The van der Waals surface area contributed by atoms with Crippen LogP contribution in [0.4, 0.5) is 5.69 Å². The summed E-state index contributed by atoms with van der Waals surface area (Å²) in [6, 6.07) is 10.2. The summed E-state index contributed by atoms with van der Waals surface area (Å²) in [5.74, 6) is 0. The smallest absolute Gasteiger partial charge is 0.122 e. The predicted octanol–water partition coefficient (Wildman–Crippen LogP) is 3.94. The molecule has 0 aliphatic heterocycles. The molecule has 1 aromatic carbocycles. The van der Waals surface area contributed by atoms with Gasteiger partial charge in [-0.1, -0.05) is 35.3 Å². The Hall–Kier alpha value is -1.01. The number of benzene rings is 1. The molecular formula is C12H15BrN2. The Labute approximate surface area is 99.4 Å². The van der Waals surface area contributed by atoms with Crippen molar-refractivity contribution in [1.82, 2.24) is 0 Å². The van der Waals surface area contributed by atoms with Gasteiger partial charge in [0.2, 0.25) is 0 Å². The second-order valence-corrected chi connectivity index (χ2v) is 4.74. The van der Waals surface area contributed by atoms with Crippen LogP contribution in [0.2, 0.25) is 0 Å². The molecule has 1 unspecified atom stereocenters. The molecule has 0 amide bonds. The lowest BCUT2D eigenvalue weighted by Crippen LogP contribution is -2.32. The molecule has 0 saturated carbocycles. The highest BCUT2D eigenvalue weighted by Crippen LogP contribution is 2.22. The van der Waals surface area contributed by atoms with E-state index in [1.165, 1.54) is 0 Å². The first-order valence-corrected chi connectivity index (χ1v) is 5.84. The minimum atomic E-state index is -0.477. The fourth-order valence-electron chi connectivity index (χ4n) is 1.53. The normalized spacial score (nSPS) is 14.0. The van der Waals surface area contributed by atoms with E-state index in [4.69, 9.17) is 5.26 Å². The maximum absolute atomic E-state index is 9.12. The molecule has 1 N–H and O–H groups in total. The van der Waals surface area contributed by atoms with E-state index in [1.807, 2.05) is 31.2 Å². The first kappa shape index (κ1) is 12.1. The largest absolute Gasteiger partial charge is 0.368 e. The van der Waals surface area contributed by atoms with Crippen LogP contribution in [0.25, 0.3) is 0 Å².